The maximum Gasteiger partial charge on any atom is 0.321 e. The van der Waals surface area contributed by atoms with Crippen LogP contribution in [-0.4, -0.2) is 39.5 Å². The Morgan fingerprint density at radius 1 is 1.16 bits per heavy atom. The molecular weight excluding hydrogens is 450 g/mol. The van der Waals surface area contributed by atoms with Crippen LogP contribution in [0.5, 0.6) is 0 Å². The standard InChI is InChI=1S/C22H19N3O5S2/c26-20(23-16-7-5-13-3-1-2-4-14(13)9-16)12-31-19-8-6-15(10-18(19)25(29)30)21-24-17(11-32-21)22(27)28/h1-10,17,21,24H,11-12H2,(H,23,26)(H,27,28)/t17-,21+/m0/s1. The number of carbonyl (C=O) groups is 2. The Labute approximate surface area is 191 Å². The highest BCUT2D eigenvalue weighted by Gasteiger charge is 2.31. The summed E-state index contributed by atoms with van der Waals surface area (Å²) in [6.07, 6.45) is 0. The number of carboxylic acid groups (broad SMARTS) is 1. The van der Waals surface area contributed by atoms with Gasteiger partial charge in [0.1, 0.15) is 6.04 Å². The maximum atomic E-state index is 12.4. The van der Waals surface area contributed by atoms with E-state index < -0.39 is 16.9 Å². The number of rotatable bonds is 7. The van der Waals surface area contributed by atoms with Crippen molar-refractivity contribution in [3.05, 3.63) is 76.3 Å². The number of nitrogens with zero attached hydrogens (tertiary/aromatic N) is 1. The van der Waals surface area contributed by atoms with Gasteiger partial charge in [0.2, 0.25) is 5.91 Å². The Balaban J connectivity index is 1.42. The van der Waals surface area contributed by atoms with Crippen molar-refractivity contribution in [2.24, 2.45) is 0 Å². The quantitative estimate of drug-likeness (QED) is 0.266. The number of carbonyl (C=O) groups excluding carboxylic acids is 1. The van der Waals surface area contributed by atoms with Crippen LogP contribution in [0.25, 0.3) is 10.8 Å². The molecule has 1 aliphatic rings. The molecule has 1 heterocycles. The van der Waals surface area contributed by atoms with E-state index in [9.17, 15) is 19.7 Å². The molecule has 0 spiro atoms. The predicted molar refractivity (Wildman–Crippen MR) is 126 cm³/mol. The second-order valence-electron chi connectivity index (χ2n) is 7.15. The van der Waals surface area contributed by atoms with E-state index >= 15 is 0 Å². The highest BCUT2D eigenvalue weighted by atomic mass is 32.2. The number of aliphatic carboxylic acids is 1. The Morgan fingerprint density at radius 2 is 1.94 bits per heavy atom. The molecule has 0 aliphatic carbocycles. The van der Waals surface area contributed by atoms with Crippen LogP contribution in [0.1, 0.15) is 10.9 Å². The van der Waals surface area contributed by atoms with Crippen molar-refractivity contribution < 1.29 is 19.6 Å². The van der Waals surface area contributed by atoms with Crippen LogP contribution in [-0.2, 0) is 9.59 Å². The monoisotopic (exact) mass is 469 g/mol. The number of hydrogen-bond donors (Lipinski definition) is 3. The number of amides is 1. The summed E-state index contributed by atoms with van der Waals surface area (Å²) in [5.41, 5.74) is 1.19. The third-order valence-corrected chi connectivity index (χ3v) is 7.28. The summed E-state index contributed by atoms with van der Waals surface area (Å²) in [6, 6.07) is 17.5. The van der Waals surface area contributed by atoms with Crippen molar-refractivity contribution in [3.63, 3.8) is 0 Å². The molecule has 3 N–H and O–H groups in total. The van der Waals surface area contributed by atoms with Crippen LogP contribution in [0.3, 0.4) is 0 Å². The molecule has 0 unspecified atom stereocenters. The molecule has 0 bridgehead atoms. The zero-order chi connectivity index (χ0) is 22.7. The van der Waals surface area contributed by atoms with Gasteiger partial charge in [-0.2, -0.15) is 0 Å². The first-order valence-corrected chi connectivity index (χ1v) is 11.7. The fourth-order valence-corrected chi connectivity index (χ4v) is 5.40. The highest BCUT2D eigenvalue weighted by Crippen LogP contribution is 2.37. The van der Waals surface area contributed by atoms with Crippen LogP contribution < -0.4 is 10.6 Å². The van der Waals surface area contributed by atoms with E-state index in [1.807, 2.05) is 42.5 Å². The lowest BCUT2D eigenvalue weighted by molar-refractivity contribution is -0.387. The van der Waals surface area contributed by atoms with Crippen molar-refractivity contribution >= 4 is 57.5 Å². The van der Waals surface area contributed by atoms with E-state index in [-0.39, 0.29) is 22.7 Å². The fraction of sp³-hybridized carbons (Fsp3) is 0.182. The molecule has 4 rings (SSSR count). The van der Waals surface area contributed by atoms with E-state index in [1.165, 1.54) is 17.8 Å². The molecule has 0 aromatic heterocycles. The third kappa shape index (κ3) is 5.04. The number of hydrogen-bond acceptors (Lipinski definition) is 7. The SMILES string of the molecule is O=C(CSc1ccc([C@@H]2N[C@H](C(=O)O)CS2)cc1[N+](=O)[O-])Nc1ccc2ccccc2c1. The van der Waals surface area contributed by atoms with E-state index in [4.69, 9.17) is 5.11 Å². The first kappa shape index (κ1) is 22.1. The Bertz CT molecular complexity index is 1200. The third-order valence-electron chi connectivity index (χ3n) is 4.95. The molecule has 1 amide bonds. The van der Waals surface area contributed by atoms with Crippen molar-refractivity contribution in [1.82, 2.24) is 5.32 Å². The molecule has 164 valence electrons. The summed E-state index contributed by atoms with van der Waals surface area (Å²) in [7, 11) is 0. The Hall–Kier alpha value is -3.08. The summed E-state index contributed by atoms with van der Waals surface area (Å²) in [6.45, 7) is 0. The van der Waals surface area contributed by atoms with Crippen LogP contribution in [0.2, 0.25) is 0 Å². The first-order chi connectivity index (χ1) is 15.4. The largest absolute Gasteiger partial charge is 0.480 e. The highest BCUT2D eigenvalue weighted by molar-refractivity contribution is 8.00. The maximum absolute atomic E-state index is 12.4. The fourth-order valence-electron chi connectivity index (χ4n) is 3.38. The van der Waals surface area contributed by atoms with Crippen molar-refractivity contribution in [2.75, 3.05) is 16.8 Å². The number of nitro benzene ring substituents is 1. The number of nitro groups is 1. The molecule has 10 heteroatoms. The second kappa shape index (κ2) is 9.60. The average molecular weight is 470 g/mol. The number of thioether (sulfide) groups is 2. The van der Waals surface area contributed by atoms with Gasteiger partial charge in [-0.25, -0.2) is 0 Å². The van der Waals surface area contributed by atoms with Crippen molar-refractivity contribution in [3.8, 4) is 0 Å². The normalized spacial score (nSPS) is 17.9. The molecular formula is C22H19N3O5S2. The van der Waals surface area contributed by atoms with Crippen molar-refractivity contribution in [2.45, 2.75) is 16.3 Å². The second-order valence-corrected chi connectivity index (χ2v) is 9.31. The topological polar surface area (TPSA) is 122 Å². The number of fused-ring (bicyclic) bond motifs is 1. The number of anilines is 1. The lowest BCUT2D eigenvalue weighted by Crippen LogP contribution is -2.33. The zero-order valence-electron chi connectivity index (χ0n) is 16.7. The lowest BCUT2D eigenvalue weighted by Gasteiger charge is -2.12. The molecule has 1 fully saturated rings. The minimum absolute atomic E-state index is 0.0184. The van der Waals surface area contributed by atoms with Gasteiger partial charge in [0, 0.05) is 17.5 Å². The molecule has 32 heavy (non-hydrogen) atoms. The van der Waals surface area contributed by atoms with Gasteiger partial charge in [0.25, 0.3) is 5.69 Å². The van der Waals surface area contributed by atoms with Crippen LogP contribution >= 0.6 is 23.5 Å². The summed E-state index contributed by atoms with van der Waals surface area (Å²) < 4.78 is 0. The Kier molecular flexibility index (Phi) is 6.63. The van der Waals surface area contributed by atoms with Gasteiger partial charge in [-0.15, -0.1) is 23.5 Å². The molecule has 3 aromatic rings. The minimum atomic E-state index is -0.945. The van der Waals surface area contributed by atoms with Gasteiger partial charge in [-0.05, 0) is 34.5 Å². The van der Waals surface area contributed by atoms with Crippen LogP contribution in [0.4, 0.5) is 11.4 Å². The number of carboxylic acids is 1. The van der Waals surface area contributed by atoms with Gasteiger partial charge < -0.3 is 10.4 Å². The summed E-state index contributed by atoms with van der Waals surface area (Å²) >= 11 is 2.48. The molecule has 0 radical (unpaired) electrons. The minimum Gasteiger partial charge on any atom is -0.480 e. The number of benzene rings is 3. The van der Waals surface area contributed by atoms with Crippen LogP contribution in [0, 0.1) is 10.1 Å². The van der Waals surface area contributed by atoms with E-state index in [1.54, 1.807) is 12.1 Å². The molecule has 3 aromatic carbocycles. The van der Waals surface area contributed by atoms with Gasteiger partial charge in [0.05, 0.1) is 20.9 Å². The summed E-state index contributed by atoms with van der Waals surface area (Å²) in [5, 5.41) is 28.2. The summed E-state index contributed by atoms with van der Waals surface area (Å²) in [5.74, 6) is -0.802. The molecule has 1 aliphatic heterocycles. The van der Waals surface area contributed by atoms with Gasteiger partial charge in [-0.3, -0.25) is 25.0 Å². The van der Waals surface area contributed by atoms with Crippen molar-refractivity contribution in [1.29, 1.82) is 0 Å². The molecule has 0 saturated carbocycles. The van der Waals surface area contributed by atoms with E-state index in [0.717, 1.165) is 22.5 Å². The predicted octanol–water partition coefficient (Wildman–Crippen LogP) is 4.27. The average Bonchev–Trinajstić information content (AvgIpc) is 3.28. The Morgan fingerprint density at radius 3 is 2.66 bits per heavy atom. The smallest absolute Gasteiger partial charge is 0.321 e. The summed E-state index contributed by atoms with van der Waals surface area (Å²) in [4.78, 5) is 35.0. The van der Waals surface area contributed by atoms with E-state index in [0.29, 0.717) is 21.9 Å². The van der Waals surface area contributed by atoms with E-state index in [2.05, 4.69) is 10.6 Å². The molecule has 1 saturated heterocycles. The van der Waals surface area contributed by atoms with Crippen LogP contribution in [0.15, 0.2) is 65.6 Å². The van der Waals surface area contributed by atoms with Gasteiger partial charge >= 0.3 is 5.97 Å². The zero-order valence-corrected chi connectivity index (χ0v) is 18.3. The first-order valence-electron chi connectivity index (χ1n) is 9.71. The molecule has 2 atom stereocenters. The molecule has 8 nitrogen and oxygen atoms in total. The van der Waals surface area contributed by atoms with Gasteiger partial charge in [0.15, 0.2) is 0 Å². The number of nitrogens with one attached hydrogen (secondary N) is 2. The van der Waals surface area contributed by atoms with Gasteiger partial charge in [-0.1, -0.05) is 36.4 Å². The lowest BCUT2D eigenvalue weighted by atomic mass is 10.1.